The molecule has 0 atom stereocenters. The van der Waals surface area contributed by atoms with E-state index in [1.54, 1.807) is 28.9 Å². The molecule has 5 rings (SSSR count). The summed E-state index contributed by atoms with van der Waals surface area (Å²) in [6.07, 6.45) is 5.17. The number of nitrogens with one attached hydrogen (secondary N) is 3. The number of halogens is 1. The second-order valence-electron chi connectivity index (χ2n) is 7.16. The van der Waals surface area contributed by atoms with Crippen LogP contribution in [-0.4, -0.2) is 42.8 Å². The molecule has 1 fully saturated rings. The fourth-order valence-electron chi connectivity index (χ4n) is 3.15. The Bertz CT molecular complexity index is 1470. The summed E-state index contributed by atoms with van der Waals surface area (Å²) in [7, 11) is 1.40. The third-order valence-corrected chi connectivity index (χ3v) is 4.80. The number of aromatic hydroxyl groups is 1. The first-order valence-corrected chi connectivity index (χ1v) is 9.56. The zero-order valence-electron chi connectivity index (χ0n) is 16.4. The summed E-state index contributed by atoms with van der Waals surface area (Å²) < 4.78 is 20.4. The zero-order valence-corrected chi connectivity index (χ0v) is 16.4. The fourth-order valence-corrected chi connectivity index (χ4v) is 3.15. The highest BCUT2D eigenvalue weighted by Crippen LogP contribution is 2.24. The van der Waals surface area contributed by atoms with Gasteiger partial charge in [0.05, 0.1) is 19.3 Å². The minimum atomic E-state index is -0.523. The standard InChI is InChI=1S/C20H18FN7O3/c1-31-15-7-12(4-5-13(15)21)23-16-8-17(24-11-2-3-11)28-18(26-16)10(9-22-28)6-14-19(29)27-20(30)25-14/h4-9,11,23,29H,2-3H2,1H3,(H2,25,27,30). The molecule has 31 heavy (non-hydrogen) atoms. The number of nitrogens with zero attached hydrogens (tertiary/aromatic N) is 4. The highest BCUT2D eigenvalue weighted by atomic mass is 19.1. The SMILES string of the molecule is COc1cc(Nc2cc(=NC3CC3)n3ncc(=Cc4[nH]c(=O)[nH]c4O)c3n2)ccc1F. The quantitative estimate of drug-likeness (QED) is 0.378. The monoisotopic (exact) mass is 423 g/mol. The first kappa shape index (κ1) is 18.9. The van der Waals surface area contributed by atoms with Crippen molar-refractivity contribution in [3.05, 3.63) is 63.2 Å². The summed E-state index contributed by atoms with van der Waals surface area (Å²) in [5, 5.41) is 17.9. The lowest BCUT2D eigenvalue weighted by Gasteiger charge is -2.09. The van der Waals surface area contributed by atoms with E-state index in [0.717, 1.165) is 12.8 Å². The Hall–Kier alpha value is -4.15. The average Bonchev–Trinajstić information content (AvgIpc) is 3.38. The van der Waals surface area contributed by atoms with Gasteiger partial charge >= 0.3 is 5.69 Å². The maximum absolute atomic E-state index is 13.7. The van der Waals surface area contributed by atoms with Crippen LogP contribution in [0.2, 0.25) is 0 Å². The largest absolute Gasteiger partial charge is 0.494 e. The molecule has 1 aromatic carbocycles. The van der Waals surface area contributed by atoms with Crippen LogP contribution >= 0.6 is 0 Å². The summed E-state index contributed by atoms with van der Waals surface area (Å²) in [6, 6.07) is 6.41. The molecule has 0 spiro atoms. The van der Waals surface area contributed by atoms with Crippen LogP contribution in [0.5, 0.6) is 11.6 Å². The van der Waals surface area contributed by atoms with Gasteiger partial charge in [-0.2, -0.15) is 9.61 Å². The number of imidazole rings is 1. The smallest absolute Gasteiger partial charge is 0.326 e. The number of methoxy groups -OCH3 is 1. The topological polar surface area (TPSA) is 133 Å². The molecule has 10 nitrogen and oxygen atoms in total. The van der Waals surface area contributed by atoms with E-state index in [0.29, 0.717) is 27.9 Å². The van der Waals surface area contributed by atoms with Gasteiger partial charge in [-0.15, -0.1) is 0 Å². The van der Waals surface area contributed by atoms with Crippen LogP contribution in [0.4, 0.5) is 15.9 Å². The Labute approximate surface area is 173 Å². The van der Waals surface area contributed by atoms with E-state index in [-0.39, 0.29) is 23.4 Å². The van der Waals surface area contributed by atoms with E-state index < -0.39 is 11.5 Å². The Kier molecular flexibility index (Phi) is 4.42. The van der Waals surface area contributed by atoms with Crippen molar-refractivity contribution in [3.8, 4) is 11.6 Å². The maximum atomic E-state index is 13.7. The van der Waals surface area contributed by atoms with Crippen LogP contribution in [0.3, 0.4) is 0 Å². The highest BCUT2D eigenvalue weighted by molar-refractivity contribution is 5.62. The van der Waals surface area contributed by atoms with Gasteiger partial charge in [0.25, 0.3) is 0 Å². The molecule has 0 bridgehead atoms. The molecule has 4 N–H and O–H groups in total. The minimum Gasteiger partial charge on any atom is -0.494 e. The van der Waals surface area contributed by atoms with E-state index >= 15 is 0 Å². The lowest BCUT2D eigenvalue weighted by molar-refractivity contribution is 0.387. The van der Waals surface area contributed by atoms with Crippen LogP contribution in [-0.2, 0) is 0 Å². The number of hydrogen-bond acceptors (Lipinski definition) is 7. The van der Waals surface area contributed by atoms with Crippen molar-refractivity contribution in [2.24, 2.45) is 4.99 Å². The Balaban J connectivity index is 1.65. The normalized spacial score (nSPS) is 15.0. The van der Waals surface area contributed by atoms with Gasteiger partial charge in [0, 0.05) is 23.0 Å². The van der Waals surface area contributed by atoms with Gasteiger partial charge in [-0.05, 0) is 31.1 Å². The number of H-pyrrole nitrogens is 2. The Morgan fingerprint density at radius 3 is 2.90 bits per heavy atom. The van der Waals surface area contributed by atoms with Crippen molar-refractivity contribution in [3.63, 3.8) is 0 Å². The number of ether oxygens (including phenoxy) is 1. The molecule has 0 radical (unpaired) electrons. The summed E-state index contributed by atoms with van der Waals surface area (Å²) in [5.41, 5.74) is 1.36. The predicted octanol–water partition coefficient (Wildman–Crippen LogP) is 0.953. The number of hydrogen-bond donors (Lipinski definition) is 4. The van der Waals surface area contributed by atoms with Crippen molar-refractivity contribution in [2.45, 2.75) is 18.9 Å². The first-order valence-electron chi connectivity index (χ1n) is 9.56. The molecule has 4 aromatic rings. The van der Waals surface area contributed by atoms with Crippen LogP contribution in [0.15, 0.2) is 40.2 Å². The lowest BCUT2D eigenvalue weighted by Crippen LogP contribution is -2.19. The van der Waals surface area contributed by atoms with Gasteiger partial charge in [0.1, 0.15) is 11.5 Å². The van der Waals surface area contributed by atoms with Crippen molar-refractivity contribution in [2.75, 3.05) is 12.4 Å². The van der Waals surface area contributed by atoms with Crippen molar-refractivity contribution in [1.29, 1.82) is 0 Å². The van der Waals surface area contributed by atoms with Crippen molar-refractivity contribution in [1.82, 2.24) is 24.6 Å². The Morgan fingerprint density at radius 1 is 1.35 bits per heavy atom. The molecule has 158 valence electrons. The van der Waals surface area contributed by atoms with Gasteiger partial charge in [-0.1, -0.05) is 0 Å². The number of aromatic amines is 2. The van der Waals surface area contributed by atoms with E-state index in [1.807, 2.05) is 0 Å². The number of anilines is 2. The van der Waals surface area contributed by atoms with Gasteiger partial charge in [0.15, 0.2) is 22.7 Å². The highest BCUT2D eigenvalue weighted by Gasteiger charge is 2.20. The first-order chi connectivity index (χ1) is 15.0. The number of fused-ring (bicyclic) bond motifs is 1. The third kappa shape index (κ3) is 3.72. The molecule has 1 aliphatic rings. The summed E-state index contributed by atoms with van der Waals surface area (Å²) >= 11 is 0. The number of rotatable bonds is 5. The summed E-state index contributed by atoms with van der Waals surface area (Å²) in [5.74, 6) is -0.157. The molecule has 0 aliphatic heterocycles. The second-order valence-corrected chi connectivity index (χ2v) is 7.16. The second kappa shape index (κ2) is 7.27. The van der Waals surface area contributed by atoms with Gasteiger partial charge in [0.2, 0.25) is 5.88 Å². The van der Waals surface area contributed by atoms with Crippen LogP contribution in [0.25, 0.3) is 11.7 Å². The fraction of sp³-hybridized carbons (Fsp3) is 0.200. The lowest BCUT2D eigenvalue weighted by atomic mass is 10.3. The molecule has 1 aliphatic carbocycles. The van der Waals surface area contributed by atoms with Crippen molar-refractivity contribution < 1.29 is 14.2 Å². The van der Waals surface area contributed by atoms with Crippen LogP contribution < -0.4 is 26.4 Å². The molecular formula is C20H18FN7O3. The number of aromatic nitrogens is 5. The molecule has 0 amide bonds. The molecular weight excluding hydrogens is 405 g/mol. The van der Waals surface area contributed by atoms with E-state index in [4.69, 9.17) is 9.73 Å². The number of benzene rings is 1. The average molecular weight is 423 g/mol. The van der Waals surface area contributed by atoms with Crippen molar-refractivity contribution >= 4 is 23.2 Å². The molecule has 11 heteroatoms. The van der Waals surface area contributed by atoms with Gasteiger partial charge in [-0.25, -0.2) is 14.2 Å². The molecule has 1 saturated carbocycles. The van der Waals surface area contributed by atoms with E-state index in [1.165, 1.54) is 19.2 Å². The van der Waals surface area contributed by atoms with E-state index in [2.05, 4.69) is 25.4 Å². The minimum absolute atomic E-state index is 0.110. The summed E-state index contributed by atoms with van der Waals surface area (Å²) in [6.45, 7) is 0. The van der Waals surface area contributed by atoms with Crippen LogP contribution in [0, 0.1) is 5.82 Å². The molecule has 0 unspecified atom stereocenters. The van der Waals surface area contributed by atoms with Gasteiger partial charge in [-0.3, -0.25) is 9.98 Å². The molecule has 3 aromatic heterocycles. The molecule has 3 heterocycles. The molecule has 0 saturated heterocycles. The van der Waals surface area contributed by atoms with Gasteiger partial charge < -0.3 is 20.1 Å². The summed E-state index contributed by atoms with van der Waals surface area (Å²) in [4.78, 5) is 25.5. The Morgan fingerprint density at radius 2 is 2.19 bits per heavy atom. The maximum Gasteiger partial charge on any atom is 0.326 e. The van der Waals surface area contributed by atoms with Crippen LogP contribution in [0.1, 0.15) is 18.5 Å². The predicted molar refractivity (Wildman–Crippen MR) is 110 cm³/mol. The third-order valence-electron chi connectivity index (χ3n) is 4.80. The van der Waals surface area contributed by atoms with E-state index in [9.17, 15) is 14.3 Å². The zero-order chi connectivity index (χ0) is 21.5.